The molecule has 0 saturated carbocycles. The minimum absolute atomic E-state index is 0.289. The largest absolute Gasteiger partial charge is 0.346 e. The molecule has 0 spiro atoms. The Morgan fingerprint density at radius 1 is 1.23 bits per heavy atom. The average molecular weight is 384 g/mol. The van der Waals surface area contributed by atoms with Crippen LogP contribution in [0.2, 0.25) is 10.0 Å². The molecule has 1 aromatic heterocycles. The molecule has 3 aromatic rings. The van der Waals surface area contributed by atoms with E-state index in [9.17, 15) is 4.79 Å². The Balaban J connectivity index is 1.81. The summed E-state index contributed by atoms with van der Waals surface area (Å²) in [5.41, 5.74) is 2.45. The first-order valence-electron chi connectivity index (χ1n) is 7.97. The SMILES string of the molecule is N#CCCn1cc(/C=C/C(=O)Nc2ccc(Cl)cc2Cl)c2ccccc21. The highest BCUT2D eigenvalue weighted by Gasteiger charge is 2.07. The van der Waals surface area contributed by atoms with E-state index in [1.165, 1.54) is 6.08 Å². The first-order chi connectivity index (χ1) is 12.6. The molecular weight excluding hydrogens is 369 g/mol. The number of nitriles is 1. The molecule has 130 valence electrons. The fourth-order valence-electron chi connectivity index (χ4n) is 2.69. The van der Waals surface area contributed by atoms with Gasteiger partial charge in [0.2, 0.25) is 5.91 Å². The van der Waals surface area contributed by atoms with Gasteiger partial charge in [0.05, 0.1) is 23.2 Å². The summed E-state index contributed by atoms with van der Waals surface area (Å²) < 4.78 is 2.02. The van der Waals surface area contributed by atoms with Gasteiger partial charge in [-0.1, -0.05) is 41.4 Å². The molecular formula is C20H15Cl2N3O. The fourth-order valence-corrected chi connectivity index (χ4v) is 3.15. The van der Waals surface area contributed by atoms with Crippen molar-refractivity contribution in [1.29, 1.82) is 5.26 Å². The summed E-state index contributed by atoms with van der Waals surface area (Å²) in [6, 6.07) is 14.9. The monoisotopic (exact) mass is 383 g/mol. The van der Waals surface area contributed by atoms with Crippen molar-refractivity contribution in [1.82, 2.24) is 4.57 Å². The smallest absolute Gasteiger partial charge is 0.248 e. The maximum Gasteiger partial charge on any atom is 0.248 e. The number of halogens is 2. The highest BCUT2D eigenvalue weighted by Crippen LogP contribution is 2.26. The van der Waals surface area contributed by atoms with Crippen LogP contribution in [0.3, 0.4) is 0 Å². The Morgan fingerprint density at radius 2 is 2.04 bits per heavy atom. The second-order valence-corrected chi connectivity index (χ2v) is 6.49. The lowest BCUT2D eigenvalue weighted by molar-refractivity contribution is -0.111. The minimum atomic E-state index is -0.289. The number of nitrogens with one attached hydrogen (secondary N) is 1. The molecule has 0 aliphatic rings. The van der Waals surface area contributed by atoms with E-state index in [0.717, 1.165) is 16.5 Å². The van der Waals surface area contributed by atoms with Crippen molar-refractivity contribution in [2.45, 2.75) is 13.0 Å². The van der Waals surface area contributed by atoms with E-state index in [1.54, 1.807) is 24.3 Å². The van der Waals surface area contributed by atoms with E-state index >= 15 is 0 Å². The minimum Gasteiger partial charge on any atom is -0.346 e. The van der Waals surface area contributed by atoms with Gasteiger partial charge in [0.15, 0.2) is 0 Å². The number of anilines is 1. The van der Waals surface area contributed by atoms with Gasteiger partial charge in [0.25, 0.3) is 0 Å². The predicted molar refractivity (Wildman–Crippen MR) is 106 cm³/mol. The van der Waals surface area contributed by atoms with E-state index < -0.39 is 0 Å². The van der Waals surface area contributed by atoms with Crippen molar-refractivity contribution in [3.8, 4) is 6.07 Å². The molecule has 0 radical (unpaired) electrons. The number of aryl methyl sites for hydroxylation is 1. The zero-order chi connectivity index (χ0) is 18.5. The third-order valence-corrected chi connectivity index (χ3v) is 4.43. The van der Waals surface area contributed by atoms with Crippen LogP contribution in [0, 0.1) is 11.3 Å². The topological polar surface area (TPSA) is 57.8 Å². The predicted octanol–water partition coefficient (Wildman–Crippen LogP) is 5.51. The molecule has 1 N–H and O–H groups in total. The van der Waals surface area contributed by atoms with Gasteiger partial charge in [0, 0.05) is 40.3 Å². The third-order valence-electron chi connectivity index (χ3n) is 3.89. The Bertz CT molecular complexity index is 1030. The number of rotatable bonds is 5. The quantitative estimate of drug-likeness (QED) is 0.590. The summed E-state index contributed by atoms with van der Waals surface area (Å²) in [6.45, 7) is 0.609. The van der Waals surface area contributed by atoms with Gasteiger partial charge in [-0.15, -0.1) is 0 Å². The van der Waals surface area contributed by atoms with Crippen molar-refractivity contribution < 1.29 is 4.79 Å². The normalized spacial score (nSPS) is 11.0. The summed E-state index contributed by atoms with van der Waals surface area (Å²) >= 11 is 11.9. The van der Waals surface area contributed by atoms with E-state index in [4.69, 9.17) is 28.5 Å². The van der Waals surface area contributed by atoms with E-state index in [0.29, 0.717) is 28.7 Å². The van der Waals surface area contributed by atoms with E-state index in [1.807, 2.05) is 35.0 Å². The van der Waals surface area contributed by atoms with Crippen molar-refractivity contribution >= 4 is 51.8 Å². The van der Waals surface area contributed by atoms with Crippen LogP contribution in [-0.4, -0.2) is 10.5 Å². The molecule has 4 nitrogen and oxygen atoms in total. The van der Waals surface area contributed by atoms with Crippen LogP contribution in [0.25, 0.3) is 17.0 Å². The van der Waals surface area contributed by atoms with E-state index in [-0.39, 0.29) is 5.91 Å². The standard InChI is InChI=1S/C20H15Cl2N3O/c21-15-7-8-18(17(22)12-15)24-20(26)9-6-14-13-25(11-3-10-23)19-5-2-1-4-16(14)19/h1-2,4-9,12-13H,3,11H2,(H,24,26)/b9-6+. The highest BCUT2D eigenvalue weighted by atomic mass is 35.5. The third kappa shape index (κ3) is 4.08. The summed E-state index contributed by atoms with van der Waals surface area (Å²) in [5, 5.41) is 13.5. The number of fused-ring (bicyclic) bond motifs is 1. The molecule has 3 rings (SSSR count). The highest BCUT2D eigenvalue weighted by molar-refractivity contribution is 6.36. The molecule has 0 bridgehead atoms. The van der Waals surface area contributed by atoms with Crippen LogP contribution in [0.1, 0.15) is 12.0 Å². The molecule has 0 atom stereocenters. The van der Waals surface area contributed by atoms with E-state index in [2.05, 4.69) is 11.4 Å². The average Bonchev–Trinajstić information content (AvgIpc) is 2.99. The lowest BCUT2D eigenvalue weighted by atomic mass is 10.1. The Kier molecular flexibility index (Phi) is 5.62. The summed E-state index contributed by atoms with van der Waals surface area (Å²) in [5.74, 6) is -0.289. The van der Waals surface area contributed by atoms with Crippen LogP contribution >= 0.6 is 23.2 Å². The zero-order valence-corrected chi connectivity index (χ0v) is 15.3. The fraction of sp³-hybridized carbons (Fsp3) is 0.100. The maximum absolute atomic E-state index is 12.2. The lowest BCUT2D eigenvalue weighted by Gasteiger charge is -2.04. The second-order valence-electron chi connectivity index (χ2n) is 5.65. The van der Waals surface area contributed by atoms with Crippen molar-refractivity contribution in [2.75, 3.05) is 5.32 Å². The van der Waals surface area contributed by atoms with Gasteiger partial charge < -0.3 is 9.88 Å². The van der Waals surface area contributed by atoms with Crippen molar-refractivity contribution in [3.63, 3.8) is 0 Å². The first-order valence-corrected chi connectivity index (χ1v) is 8.73. The number of carbonyl (C=O) groups is 1. The van der Waals surface area contributed by atoms with Gasteiger partial charge in [-0.05, 0) is 30.3 Å². The van der Waals surface area contributed by atoms with Crippen molar-refractivity contribution in [3.05, 3.63) is 70.3 Å². The lowest BCUT2D eigenvalue weighted by Crippen LogP contribution is -2.08. The van der Waals surface area contributed by atoms with Gasteiger partial charge in [0.1, 0.15) is 0 Å². The van der Waals surface area contributed by atoms with Crippen LogP contribution in [0.4, 0.5) is 5.69 Å². The zero-order valence-electron chi connectivity index (χ0n) is 13.7. The maximum atomic E-state index is 12.2. The Morgan fingerprint density at radius 3 is 2.81 bits per heavy atom. The molecule has 26 heavy (non-hydrogen) atoms. The summed E-state index contributed by atoms with van der Waals surface area (Å²) in [4.78, 5) is 12.2. The number of amides is 1. The van der Waals surface area contributed by atoms with Crippen LogP contribution in [-0.2, 0) is 11.3 Å². The van der Waals surface area contributed by atoms with Crippen LogP contribution in [0.5, 0.6) is 0 Å². The number of carbonyl (C=O) groups excluding carboxylic acids is 1. The van der Waals surface area contributed by atoms with Gasteiger partial charge in [-0.25, -0.2) is 0 Å². The Labute approximate surface area is 161 Å². The van der Waals surface area contributed by atoms with Crippen LogP contribution < -0.4 is 5.32 Å². The second kappa shape index (κ2) is 8.09. The molecule has 0 unspecified atom stereocenters. The molecule has 6 heteroatoms. The molecule has 0 aliphatic carbocycles. The number of aromatic nitrogens is 1. The molecule has 1 heterocycles. The van der Waals surface area contributed by atoms with Crippen molar-refractivity contribution in [2.24, 2.45) is 0 Å². The van der Waals surface area contributed by atoms with Crippen LogP contribution in [0.15, 0.2) is 54.7 Å². The molecule has 0 aliphatic heterocycles. The molecule has 2 aromatic carbocycles. The van der Waals surface area contributed by atoms with Gasteiger partial charge >= 0.3 is 0 Å². The molecule has 1 amide bonds. The summed E-state index contributed by atoms with van der Waals surface area (Å²) in [6.07, 6.45) is 5.59. The molecule has 0 fully saturated rings. The number of para-hydroxylation sites is 1. The number of benzene rings is 2. The first kappa shape index (κ1) is 18.1. The summed E-state index contributed by atoms with van der Waals surface area (Å²) in [7, 11) is 0. The molecule has 0 saturated heterocycles. The Hall–Kier alpha value is -2.74. The number of hydrogen-bond donors (Lipinski definition) is 1. The van der Waals surface area contributed by atoms with Gasteiger partial charge in [-0.2, -0.15) is 5.26 Å². The number of nitrogens with zero attached hydrogens (tertiary/aromatic N) is 2. The van der Waals surface area contributed by atoms with Gasteiger partial charge in [-0.3, -0.25) is 4.79 Å². The number of hydrogen-bond acceptors (Lipinski definition) is 2.